The third-order valence-electron chi connectivity index (χ3n) is 10.1. The van der Waals surface area contributed by atoms with E-state index in [-0.39, 0.29) is 19.0 Å². The van der Waals surface area contributed by atoms with Gasteiger partial charge in [0.15, 0.2) is 5.78 Å². The normalized spacial score (nSPS) is 18.3. The Hall–Kier alpha value is -3.49. The number of carbonyl (C=O) groups is 1. The summed E-state index contributed by atoms with van der Waals surface area (Å²) in [6, 6.07) is 26.7. The Morgan fingerprint density at radius 2 is 0.980 bits per heavy atom. The van der Waals surface area contributed by atoms with Crippen LogP contribution in [0.15, 0.2) is 84.9 Å². The van der Waals surface area contributed by atoms with Gasteiger partial charge in [-0.25, -0.2) is 0 Å². The average Bonchev–Trinajstić information content (AvgIpc) is 4.06. The van der Waals surface area contributed by atoms with Crippen molar-refractivity contribution in [3.05, 3.63) is 105 Å². The largest absolute Gasteiger partial charge is 0.489 e. The van der Waals surface area contributed by atoms with Gasteiger partial charge in [-0.05, 0) is 74.2 Å². The zero-order valence-electron chi connectivity index (χ0n) is 27.5. The number of ether oxygens (including phenoxy) is 2. The Morgan fingerprint density at radius 3 is 1.38 bits per heavy atom. The lowest BCUT2D eigenvalue weighted by atomic mass is 9.98. The SMILES string of the molecule is O=C(C(COc1cc(Cl)ccc1Cl)N1CCN(C2CC2)c2ccccc21)C(COc1cc(Cl)ccc1Cl)N1CCN(C2CC2)c2ccccc21. The Bertz CT molecular complexity index is 1750. The van der Waals surface area contributed by atoms with Gasteiger partial charge in [0.25, 0.3) is 0 Å². The number of anilines is 4. The molecule has 0 bridgehead atoms. The molecule has 2 fully saturated rings. The molecule has 2 unspecified atom stereocenters. The van der Waals surface area contributed by atoms with Crippen LogP contribution >= 0.6 is 46.4 Å². The van der Waals surface area contributed by atoms with Gasteiger partial charge < -0.3 is 29.1 Å². The average molecular weight is 753 g/mol. The number of benzene rings is 4. The molecule has 0 aromatic heterocycles. The fourth-order valence-electron chi connectivity index (χ4n) is 7.38. The number of Topliss-reactive ketones (excluding diaryl/α,β-unsaturated/α-hetero) is 1. The lowest BCUT2D eigenvalue weighted by Gasteiger charge is -2.46. The Balaban J connectivity index is 1.19. The van der Waals surface area contributed by atoms with Crippen LogP contribution in [-0.4, -0.2) is 69.3 Å². The predicted molar refractivity (Wildman–Crippen MR) is 205 cm³/mol. The van der Waals surface area contributed by atoms with Crippen molar-refractivity contribution in [3.8, 4) is 11.5 Å². The summed E-state index contributed by atoms with van der Waals surface area (Å²) in [6.45, 7) is 3.08. The smallest absolute Gasteiger partial charge is 0.184 e. The summed E-state index contributed by atoms with van der Waals surface area (Å²) >= 11 is 25.9. The highest BCUT2D eigenvalue weighted by Crippen LogP contribution is 2.43. The molecule has 50 heavy (non-hydrogen) atoms. The van der Waals surface area contributed by atoms with E-state index in [1.165, 1.54) is 25.7 Å². The maximum atomic E-state index is 15.5. The minimum absolute atomic E-state index is 0.0225. The Morgan fingerprint density at radius 1 is 0.580 bits per heavy atom. The zero-order valence-corrected chi connectivity index (χ0v) is 30.5. The number of nitrogens with zero attached hydrogens (tertiary/aromatic N) is 4. The highest BCUT2D eigenvalue weighted by molar-refractivity contribution is 6.34. The maximum absolute atomic E-state index is 15.5. The van der Waals surface area contributed by atoms with Crippen molar-refractivity contribution in [1.82, 2.24) is 0 Å². The first-order chi connectivity index (χ1) is 24.4. The van der Waals surface area contributed by atoms with Crippen molar-refractivity contribution in [2.75, 3.05) is 59.0 Å². The van der Waals surface area contributed by atoms with Crippen LogP contribution in [-0.2, 0) is 4.79 Å². The number of ketones is 1. The van der Waals surface area contributed by atoms with E-state index in [1.807, 2.05) is 12.1 Å². The van der Waals surface area contributed by atoms with Crippen molar-refractivity contribution in [2.45, 2.75) is 49.9 Å². The second kappa shape index (κ2) is 14.3. The monoisotopic (exact) mass is 750 g/mol. The topological polar surface area (TPSA) is 48.5 Å². The van der Waals surface area contributed by atoms with Gasteiger partial charge in [-0.3, -0.25) is 4.79 Å². The maximum Gasteiger partial charge on any atom is 0.184 e. The molecule has 11 heteroatoms. The van der Waals surface area contributed by atoms with Crippen LogP contribution in [0.3, 0.4) is 0 Å². The molecule has 0 amide bonds. The van der Waals surface area contributed by atoms with E-state index >= 15 is 4.79 Å². The van der Waals surface area contributed by atoms with Gasteiger partial charge >= 0.3 is 0 Å². The Kier molecular flexibility index (Phi) is 9.60. The van der Waals surface area contributed by atoms with Gasteiger partial charge in [0.05, 0.1) is 32.8 Å². The molecule has 2 saturated carbocycles. The zero-order chi connectivity index (χ0) is 34.4. The summed E-state index contributed by atoms with van der Waals surface area (Å²) < 4.78 is 12.8. The highest BCUT2D eigenvalue weighted by Gasteiger charge is 2.43. The molecule has 0 spiro atoms. The van der Waals surface area contributed by atoms with Crippen molar-refractivity contribution in [3.63, 3.8) is 0 Å². The van der Waals surface area contributed by atoms with Crippen molar-refractivity contribution >= 4 is 74.9 Å². The summed E-state index contributed by atoms with van der Waals surface area (Å²) in [5.41, 5.74) is 4.31. The number of carbonyl (C=O) groups excluding carboxylic acids is 1. The van der Waals surface area contributed by atoms with Crippen LogP contribution in [0.5, 0.6) is 11.5 Å². The molecule has 2 heterocycles. The molecule has 2 aliphatic carbocycles. The third kappa shape index (κ3) is 6.90. The quantitative estimate of drug-likeness (QED) is 0.143. The van der Waals surface area contributed by atoms with Crippen LogP contribution in [0.4, 0.5) is 22.7 Å². The van der Waals surface area contributed by atoms with Gasteiger partial charge in [-0.2, -0.15) is 0 Å². The number of hydrogen-bond acceptors (Lipinski definition) is 7. The fraction of sp³-hybridized carbons (Fsp3) is 0.359. The molecule has 4 aromatic rings. The third-order valence-corrected chi connectivity index (χ3v) is 11.2. The number of halogens is 4. The number of para-hydroxylation sites is 4. The second-order valence-electron chi connectivity index (χ2n) is 13.4. The minimum atomic E-state index is -0.676. The van der Waals surface area contributed by atoms with Gasteiger partial charge in [0.2, 0.25) is 0 Å². The van der Waals surface area contributed by atoms with Crippen LogP contribution in [0.2, 0.25) is 20.1 Å². The first-order valence-electron chi connectivity index (χ1n) is 17.3. The number of rotatable bonds is 12. The van der Waals surface area contributed by atoms with Crippen molar-refractivity contribution < 1.29 is 14.3 Å². The molecule has 2 atom stereocenters. The summed E-state index contributed by atoms with van der Waals surface area (Å²) in [4.78, 5) is 24.9. The molecule has 4 aliphatic rings. The first-order valence-corrected chi connectivity index (χ1v) is 18.8. The van der Waals surface area contributed by atoms with E-state index in [2.05, 4.69) is 56.0 Å². The van der Waals surface area contributed by atoms with Gasteiger partial charge in [-0.1, -0.05) is 70.7 Å². The van der Waals surface area contributed by atoms with Crippen LogP contribution in [0, 0.1) is 0 Å². The summed E-state index contributed by atoms with van der Waals surface area (Å²) in [7, 11) is 0. The molecule has 0 N–H and O–H groups in total. The fourth-order valence-corrected chi connectivity index (χ4v) is 8.05. The minimum Gasteiger partial charge on any atom is -0.489 e. The van der Waals surface area contributed by atoms with E-state index in [0.29, 0.717) is 56.8 Å². The lowest BCUT2D eigenvalue weighted by Crippen LogP contribution is -2.60. The number of hydrogen-bond donors (Lipinski definition) is 0. The molecule has 260 valence electrons. The van der Waals surface area contributed by atoms with Gasteiger partial charge in [0, 0.05) is 60.4 Å². The molecule has 7 nitrogen and oxygen atoms in total. The van der Waals surface area contributed by atoms with Crippen LogP contribution < -0.4 is 29.1 Å². The molecule has 4 aromatic carbocycles. The Labute approximate surface area is 313 Å². The summed E-state index contributed by atoms with van der Waals surface area (Å²) in [6.07, 6.45) is 4.74. The molecular weight excluding hydrogens is 714 g/mol. The van der Waals surface area contributed by atoms with Crippen molar-refractivity contribution in [2.24, 2.45) is 0 Å². The van der Waals surface area contributed by atoms with E-state index in [1.54, 1.807) is 36.4 Å². The summed E-state index contributed by atoms with van der Waals surface area (Å²) in [5.74, 6) is 0.846. The van der Waals surface area contributed by atoms with E-state index in [0.717, 1.165) is 35.8 Å². The predicted octanol–water partition coefficient (Wildman–Crippen LogP) is 9.04. The standard InChI is InChI=1S/C39H38Cl4N4O3/c40-25-9-15-29(42)37(21-25)49-23-35(46-19-17-44(27-11-12-27)31-5-1-3-7-33(31)46)39(48)36(24-50-38-22-26(41)10-16-30(38)43)47-20-18-45(28-13-14-28)32-6-2-4-8-34(32)47/h1-10,15-16,21-22,27-28,35-36H,11-14,17-20,23-24H2. The van der Waals surface area contributed by atoms with E-state index < -0.39 is 12.1 Å². The molecule has 8 rings (SSSR count). The summed E-state index contributed by atoms with van der Waals surface area (Å²) in [5, 5.41) is 1.87. The van der Waals surface area contributed by atoms with Gasteiger partial charge in [0.1, 0.15) is 36.8 Å². The van der Waals surface area contributed by atoms with Gasteiger partial charge in [-0.15, -0.1) is 0 Å². The molecule has 0 radical (unpaired) electrons. The van der Waals surface area contributed by atoms with Crippen molar-refractivity contribution in [1.29, 1.82) is 0 Å². The molecule has 2 aliphatic heterocycles. The van der Waals surface area contributed by atoms with Crippen LogP contribution in [0.25, 0.3) is 0 Å². The highest BCUT2D eigenvalue weighted by atomic mass is 35.5. The molecular formula is C39H38Cl4N4O3. The molecule has 0 saturated heterocycles. The van der Waals surface area contributed by atoms with E-state index in [9.17, 15) is 0 Å². The van der Waals surface area contributed by atoms with E-state index in [4.69, 9.17) is 55.9 Å². The first kappa shape index (κ1) is 33.6. The second-order valence-corrected chi connectivity index (χ2v) is 15.1. The number of fused-ring (bicyclic) bond motifs is 2. The lowest BCUT2D eigenvalue weighted by molar-refractivity contribution is -0.123. The van der Waals surface area contributed by atoms with Crippen LogP contribution in [0.1, 0.15) is 25.7 Å².